The monoisotopic (exact) mass is 210 g/mol. The maximum atomic E-state index is 6.12. The Bertz CT molecular complexity index is 336. The van der Waals surface area contributed by atoms with E-state index in [1.807, 2.05) is 12.1 Å². The number of hydrogen-bond acceptors (Lipinski definition) is 2. The summed E-state index contributed by atoms with van der Waals surface area (Å²) in [7, 11) is 0. The van der Waals surface area contributed by atoms with E-state index in [0.717, 1.165) is 23.8 Å². The average Bonchev–Trinajstić information content (AvgIpc) is 2.17. The first kappa shape index (κ1) is 9.66. The van der Waals surface area contributed by atoms with E-state index in [1.165, 1.54) is 5.69 Å². The first-order chi connectivity index (χ1) is 6.70. The van der Waals surface area contributed by atoms with Crippen LogP contribution in [-0.2, 0) is 0 Å². The van der Waals surface area contributed by atoms with Crippen LogP contribution in [0.4, 0.5) is 11.4 Å². The second kappa shape index (κ2) is 3.70. The molecule has 2 rings (SSSR count). The molecule has 0 unspecified atom stereocenters. The number of nitrogens with one attached hydrogen (secondary N) is 1. The van der Waals surface area contributed by atoms with Gasteiger partial charge in [0, 0.05) is 19.1 Å². The Morgan fingerprint density at radius 1 is 1.43 bits per heavy atom. The third-order valence-electron chi connectivity index (χ3n) is 2.58. The molecule has 1 aromatic carbocycles. The van der Waals surface area contributed by atoms with Gasteiger partial charge in [-0.25, -0.2) is 0 Å². The maximum Gasteiger partial charge on any atom is 0.0768 e. The molecule has 0 aromatic heterocycles. The number of rotatable bonds is 1. The van der Waals surface area contributed by atoms with E-state index in [-0.39, 0.29) is 0 Å². The molecule has 76 valence electrons. The molecule has 2 nitrogen and oxygen atoms in total. The van der Waals surface area contributed by atoms with Crippen molar-refractivity contribution in [3.05, 3.63) is 23.2 Å². The molecule has 0 saturated carbocycles. The first-order valence-electron chi connectivity index (χ1n) is 4.99. The van der Waals surface area contributed by atoms with Crippen molar-refractivity contribution in [1.29, 1.82) is 0 Å². The van der Waals surface area contributed by atoms with Crippen LogP contribution >= 0.6 is 11.6 Å². The normalized spacial score (nSPS) is 15.3. The van der Waals surface area contributed by atoms with Gasteiger partial charge in [0.15, 0.2) is 0 Å². The van der Waals surface area contributed by atoms with Crippen molar-refractivity contribution in [2.75, 3.05) is 23.3 Å². The van der Waals surface area contributed by atoms with Gasteiger partial charge in [-0.3, -0.25) is 0 Å². The summed E-state index contributed by atoms with van der Waals surface area (Å²) in [5.74, 6) is 0. The summed E-state index contributed by atoms with van der Waals surface area (Å²) in [6.45, 7) is 6.42. The van der Waals surface area contributed by atoms with Crippen LogP contribution in [0.25, 0.3) is 0 Å². The SMILES string of the molecule is CC(C)N1CCNc2c(Cl)cccc21. The molecule has 0 saturated heterocycles. The van der Waals surface area contributed by atoms with Gasteiger partial charge >= 0.3 is 0 Å². The molecule has 0 fully saturated rings. The van der Waals surface area contributed by atoms with Gasteiger partial charge in [-0.15, -0.1) is 0 Å². The van der Waals surface area contributed by atoms with E-state index >= 15 is 0 Å². The maximum absolute atomic E-state index is 6.12. The molecule has 0 atom stereocenters. The van der Waals surface area contributed by atoms with Crippen molar-refractivity contribution in [3.63, 3.8) is 0 Å². The number of hydrogen-bond donors (Lipinski definition) is 1. The standard InChI is InChI=1S/C11H15ClN2/c1-8(2)14-7-6-13-11-9(12)4-3-5-10(11)14/h3-5,8,13H,6-7H2,1-2H3. The molecule has 0 spiro atoms. The van der Waals surface area contributed by atoms with Gasteiger partial charge in [0.2, 0.25) is 0 Å². The van der Waals surface area contributed by atoms with Gasteiger partial charge in [-0.1, -0.05) is 17.7 Å². The van der Waals surface area contributed by atoms with Gasteiger partial charge in [0.25, 0.3) is 0 Å². The molecule has 1 aliphatic heterocycles. The van der Waals surface area contributed by atoms with Crippen molar-refractivity contribution >= 4 is 23.0 Å². The van der Waals surface area contributed by atoms with E-state index in [2.05, 4.69) is 30.1 Å². The molecule has 3 heteroatoms. The lowest BCUT2D eigenvalue weighted by Gasteiger charge is -2.35. The molecule has 0 amide bonds. The van der Waals surface area contributed by atoms with Crippen molar-refractivity contribution in [3.8, 4) is 0 Å². The van der Waals surface area contributed by atoms with Crippen LogP contribution in [0.1, 0.15) is 13.8 Å². The highest BCUT2D eigenvalue weighted by atomic mass is 35.5. The van der Waals surface area contributed by atoms with Crippen LogP contribution < -0.4 is 10.2 Å². The summed E-state index contributed by atoms with van der Waals surface area (Å²) in [5.41, 5.74) is 2.30. The highest BCUT2D eigenvalue weighted by molar-refractivity contribution is 6.34. The van der Waals surface area contributed by atoms with E-state index in [0.29, 0.717) is 6.04 Å². The largest absolute Gasteiger partial charge is 0.380 e. The second-order valence-corrected chi connectivity index (χ2v) is 4.26. The molecule has 1 aromatic rings. The Balaban J connectivity index is 2.44. The average molecular weight is 211 g/mol. The minimum Gasteiger partial charge on any atom is -0.380 e. The fourth-order valence-corrected chi connectivity index (χ4v) is 2.12. The molecule has 14 heavy (non-hydrogen) atoms. The van der Waals surface area contributed by atoms with Gasteiger partial charge < -0.3 is 10.2 Å². The van der Waals surface area contributed by atoms with E-state index in [1.54, 1.807) is 0 Å². The lowest BCUT2D eigenvalue weighted by atomic mass is 10.1. The van der Waals surface area contributed by atoms with Gasteiger partial charge in [-0.2, -0.15) is 0 Å². The fraction of sp³-hybridized carbons (Fsp3) is 0.455. The molecule has 1 aliphatic rings. The predicted octanol–water partition coefficient (Wildman–Crippen LogP) is 2.98. The molecular weight excluding hydrogens is 196 g/mol. The number of anilines is 2. The summed E-state index contributed by atoms with van der Waals surface area (Å²) in [6.07, 6.45) is 0. The Morgan fingerprint density at radius 3 is 2.93 bits per heavy atom. The molecule has 0 bridgehead atoms. The van der Waals surface area contributed by atoms with Crippen molar-refractivity contribution in [1.82, 2.24) is 0 Å². The molecule has 0 radical (unpaired) electrons. The van der Waals surface area contributed by atoms with Crippen LogP contribution in [0.2, 0.25) is 5.02 Å². The van der Waals surface area contributed by atoms with Crippen LogP contribution in [0.5, 0.6) is 0 Å². The number of benzene rings is 1. The van der Waals surface area contributed by atoms with E-state index in [9.17, 15) is 0 Å². The molecule has 1 heterocycles. The quantitative estimate of drug-likeness (QED) is 0.767. The lowest BCUT2D eigenvalue weighted by molar-refractivity contribution is 0.681. The van der Waals surface area contributed by atoms with Crippen molar-refractivity contribution in [2.24, 2.45) is 0 Å². The summed E-state index contributed by atoms with van der Waals surface area (Å²) in [5, 5.41) is 4.15. The topological polar surface area (TPSA) is 15.3 Å². The zero-order valence-corrected chi connectivity index (χ0v) is 9.30. The van der Waals surface area contributed by atoms with Gasteiger partial charge in [0.05, 0.1) is 16.4 Å². The first-order valence-corrected chi connectivity index (χ1v) is 5.37. The number of para-hydroxylation sites is 1. The van der Waals surface area contributed by atoms with Gasteiger partial charge in [0.1, 0.15) is 0 Å². The fourth-order valence-electron chi connectivity index (χ4n) is 1.89. The third-order valence-corrected chi connectivity index (χ3v) is 2.89. The summed E-state index contributed by atoms with van der Waals surface area (Å²) in [6, 6.07) is 6.57. The number of fused-ring (bicyclic) bond motifs is 1. The van der Waals surface area contributed by atoms with Crippen LogP contribution in [0.3, 0.4) is 0 Å². The van der Waals surface area contributed by atoms with Crippen LogP contribution in [-0.4, -0.2) is 19.1 Å². The summed E-state index contributed by atoms with van der Waals surface area (Å²) in [4.78, 5) is 2.37. The van der Waals surface area contributed by atoms with E-state index in [4.69, 9.17) is 11.6 Å². The third kappa shape index (κ3) is 1.55. The van der Waals surface area contributed by atoms with Crippen LogP contribution in [0, 0.1) is 0 Å². The predicted molar refractivity (Wildman–Crippen MR) is 62.4 cm³/mol. The Morgan fingerprint density at radius 2 is 2.21 bits per heavy atom. The Hall–Kier alpha value is -0.890. The minimum absolute atomic E-state index is 0.523. The molecule has 0 aliphatic carbocycles. The lowest BCUT2D eigenvalue weighted by Crippen LogP contribution is -2.38. The smallest absolute Gasteiger partial charge is 0.0768 e. The Kier molecular flexibility index (Phi) is 2.55. The van der Waals surface area contributed by atoms with Crippen molar-refractivity contribution < 1.29 is 0 Å². The summed E-state index contributed by atoms with van der Waals surface area (Å²) < 4.78 is 0. The molecular formula is C11H15ClN2. The zero-order chi connectivity index (χ0) is 10.1. The number of halogens is 1. The van der Waals surface area contributed by atoms with Crippen LogP contribution in [0.15, 0.2) is 18.2 Å². The second-order valence-electron chi connectivity index (χ2n) is 3.85. The number of nitrogens with zero attached hydrogens (tertiary/aromatic N) is 1. The highest BCUT2D eigenvalue weighted by Gasteiger charge is 2.19. The molecule has 1 N–H and O–H groups in total. The summed E-state index contributed by atoms with van der Waals surface area (Å²) >= 11 is 6.12. The zero-order valence-electron chi connectivity index (χ0n) is 8.55. The highest BCUT2D eigenvalue weighted by Crippen LogP contribution is 2.35. The minimum atomic E-state index is 0.523. The van der Waals surface area contributed by atoms with Gasteiger partial charge in [-0.05, 0) is 26.0 Å². The van der Waals surface area contributed by atoms with Crippen molar-refractivity contribution in [2.45, 2.75) is 19.9 Å². The Labute approximate surface area is 89.9 Å². The van der Waals surface area contributed by atoms with E-state index < -0.39 is 0 Å².